The fraction of sp³-hybridized carbons (Fsp3) is 0.120. The zero-order valence-electron chi connectivity index (χ0n) is 18.0. The molecule has 4 aromatic rings. The highest BCUT2D eigenvalue weighted by Gasteiger charge is 2.44. The first-order chi connectivity index (χ1) is 16.3. The number of phenols is 1. The minimum Gasteiger partial charge on any atom is -0.503 e. The molecule has 0 saturated heterocycles. The van der Waals surface area contributed by atoms with Gasteiger partial charge in [-0.3, -0.25) is 14.5 Å². The third-order valence-corrected chi connectivity index (χ3v) is 6.68. The first-order valence-electron chi connectivity index (χ1n) is 10.1. The molecular formula is C25H17BrClNO6. The van der Waals surface area contributed by atoms with E-state index in [1.54, 1.807) is 54.6 Å². The topological polar surface area (TPSA) is 89.2 Å². The van der Waals surface area contributed by atoms with Crippen molar-refractivity contribution in [3.63, 3.8) is 0 Å². The third kappa shape index (κ3) is 3.33. The summed E-state index contributed by atoms with van der Waals surface area (Å²) in [5.41, 5.74) is 1.16. The summed E-state index contributed by atoms with van der Waals surface area (Å²) >= 11 is 9.69. The lowest BCUT2D eigenvalue weighted by Crippen LogP contribution is -2.29. The quantitative estimate of drug-likeness (QED) is 0.357. The molecule has 0 spiro atoms. The number of anilines is 1. The van der Waals surface area contributed by atoms with Gasteiger partial charge < -0.3 is 19.0 Å². The molecule has 172 valence electrons. The van der Waals surface area contributed by atoms with Gasteiger partial charge in [-0.1, -0.05) is 23.7 Å². The van der Waals surface area contributed by atoms with E-state index in [1.165, 1.54) is 19.1 Å². The van der Waals surface area contributed by atoms with E-state index in [2.05, 4.69) is 15.9 Å². The van der Waals surface area contributed by atoms with E-state index >= 15 is 0 Å². The highest BCUT2D eigenvalue weighted by molar-refractivity contribution is 9.10. The van der Waals surface area contributed by atoms with E-state index in [0.717, 1.165) is 0 Å². The Hall–Kier alpha value is -3.49. The summed E-state index contributed by atoms with van der Waals surface area (Å²) < 4.78 is 16.8. The van der Waals surface area contributed by atoms with Crippen LogP contribution >= 0.6 is 27.5 Å². The first-order valence-corrected chi connectivity index (χ1v) is 11.3. The molecule has 0 fully saturated rings. The minimum atomic E-state index is -0.862. The molecule has 0 saturated carbocycles. The van der Waals surface area contributed by atoms with Crippen molar-refractivity contribution in [1.29, 1.82) is 0 Å². The largest absolute Gasteiger partial charge is 0.503 e. The zero-order valence-corrected chi connectivity index (χ0v) is 20.3. The lowest BCUT2D eigenvalue weighted by molar-refractivity contribution is 0.0971. The maximum Gasteiger partial charge on any atom is 0.295 e. The normalized spacial score (nSPS) is 15.0. The van der Waals surface area contributed by atoms with Crippen LogP contribution in [0.1, 0.15) is 27.7 Å². The Morgan fingerprint density at radius 3 is 2.47 bits per heavy atom. The predicted octanol–water partition coefficient (Wildman–Crippen LogP) is 5.68. The molecule has 3 aromatic carbocycles. The molecular weight excluding hydrogens is 526 g/mol. The Labute approximate surface area is 207 Å². The van der Waals surface area contributed by atoms with E-state index < -0.39 is 11.9 Å². The average molecular weight is 543 g/mol. The molecule has 1 amide bonds. The van der Waals surface area contributed by atoms with Crippen LogP contribution in [0.5, 0.6) is 17.2 Å². The van der Waals surface area contributed by atoms with Crippen LogP contribution in [0, 0.1) is 0 Å². The van der Waals surface area contributed by atoms with E-state index in [9.17, 15) is 14.7 Å². The van der Waals surface area contributed by atoms with Gasteiger partial charge >= 0.3 is 0 Å². The second-order valence-electron chi connectivity index (χ2n) is 7.62. The molecule has 1 aliphatic rings. The van der Waals surface area contributed by atoms with Gasteiger partial charge in [-0.05, 0) is 64.0 Å². The number of methoxy groups -OCH3 is 2. The van der Waals surface area contributed by atoms with Crippen LogP contribution in [0.3, 0.4) is 0 Å². The van der Waals surface area contributed by atoms with Gasteiger partial charge in [0.1, 0.15) is 11.3 Å². The fourth-order valence-corrected chi connectivity index (χ4v) is 4.93. The number of carbonyl (C=O) groups excluding carboxylic acids is 1. The molecule has 0 aliphatic carbocycles. The van der Waals surface area contributed by atoms with Gasteiger partial charge in [0, 0.05) is 5.69 Å². The van der Waals surface area contributed by atoms with Crippen LogP contribution in [0.2, 0.25) is 5.02 Å². The number of benzene rings is 3. The number of phenolic OH excluding ortho intramolecular Hbond substituents is 1. The van der Waals surface area contributed by atoms with Crippen molar-refractivity contribution in [2.75, 3.05) is 19.1 Å². The zero-order chi connectivity index (χ0) is 24.1. The Kier molecular flexibility index (Phi) is 5.50. The second kappa shape index (κ2) is 8.38. The summed E-state index contributed by atoms with van der Waals surface area (Å²) in [7, 11) is 2.91. The van der Waals surface area contributed by atoms with Crippen molar-refractivity contribution in [2.24, 2.45) is 0 Å². The van der Waals surface area contributed by atoms with Crippen LogP contribution in [0.15, 0.2) is 68.3 Å². The first kappa shape index (κ1) is 22.3. The van der Waals surface area contributed by atoms with E-state index in [0.29, 0.717) is 37.5 Å². The van der Waals surface area contributed by atoms with E-state index in [1.807, 2.05) is 0 Å². The molecule has 2 heterocycles. The number of nitrogens with zero attached hydrogens (tertiary/aromatic N) is 1. The van der Waals surface area contributed by atoms with Crippen molar-refractivity contribution < 1.29 is 23.8 Å². The molecule has 7 nitrogen and oxygen atoms in total. The smallest absolute Gasteiger partial charge is 0.295 e. The lowest BCUT2D eigenvalue weighted by Gasteiger charge is -2.26. The summed E-state index contributed by atoms with van der Waals surface area (Å²) in [4.78, 5) is 28.7. The Morgan fingerprint density at radius 1 is 1.03 bits per heavy atom. The minimum absolute atomic E-state index is 0.0520. The Bertz CT molecular complexity index is 1530. The summed E-state index contributed by atoms with van der Waals surface area (Å²) in [6.07, 6.45) is 0. The van der Waals surface area contributed by atoms with Crippen molar-refractivity contribution in [3.8, 4) is 17.2 Å². The van der Waals surface area contributed by atoms with Crippen molar-refractivity contribution in [2.45, 2.75) is 6.04 Å². The molecule has 1 unspecified atom stereocenters. The van der Waals surface area contributed by atoms with Crippen molar-refractivity contribution in [1.82, 2.24) is 0 Å². The number of amides is 1. The number of halogens is 2. The van der Waals surface area contributed by atoms with Crippen molar-refractivity contribution in [3.05, 3.63) is 91.2 Å². The molecule has 0 bridgehead atoms. The predicted molar refractivity (Wildman–Crippen MR) is 131 cm³/mol. The Morgan fingerprint density at radius 2 is 1.76 bits per heavy atom. The number of para-hydroxylation sites is 1. The van der Waals surface area contributed by atoms with Gasteiger partial charge in [-0.15, -0.1) is 0 Å². The number of rotatable bonds is 4. The number of carbonyl (C=O) groups is 1. The summed E-state index contributed by atoms with van der Waals surface area (Å²) in [6, 6.07) is 14.0. The standard InChI is InChI=1S/C25H17BrClNO6/c1-32-18-8-7-13(11-16(18)27)28-21(12-9-15(26)23(30)19(10-12)33-2)20-22(29)14-5-3-4-6-17(14)34-24(20)25(28)31/h3-11,21,30H,1-2H3. The number of hydrogen-bond donors (Lipinski definition) is 1. The molecule has 5 rings (SSSR count). The van der Waals surface area contributed by atoms with Crippen LogP contribution in [-0.2, 0) is 0 Å². The highest BCUT2D eigenvalue weighted by atomic mass is 79.9. The highest BCUT2D eigenvalue weighted by Crippen LogP contribution is 2.46. The SMILES string of the molecule is COc1ccc(N2C(=O)c3oc4ccccc4c(=O)c3C2c2cc(Br)c(O)c(OC)c2)cc1Cl. The van der Waals surface area contributed by atoms with E-state index in [4.69, 9.17) is 25.5 Å². The van der Waals surface area contributed by atoms with Gasteiger partial charge in [-0.2, -0.15) is 0 Å². The molecule has 1 aliphatic heterocycles. The van der Waals surface area contributed by atoms with Gasteiger partial charge in [0.25, 0.3) is 5.91 Å². The van der Waals surface area contributed by atoms with Gasteiger partial charge in [0.15, 0.2) is 16.9 Å². The van der Waals surface area contributed by atoms with Gasteiger partial charge in [0.2, 0.25) is 5.76 Å². The molecule has 0 radical (unpaired) electrons. The third-order valence-electron chi connectivity index (χ3n) is 5.78. The Balaban J connectivity index is 1.82. The maximum absolute atomic E-state index is 13.7. The number of hydrogen-bond acceptors (Lipinski definition) is 6. The molecule has 34 heavy (non-hydrogen) atoms. The molecule has 9 heteroatoms. The number of fused-ring (bicyclic) bond motifs is 2. The lowest BCUT2D eigenvalue weighted by atomic mass is 9.97. The number of ether oxygens (including phenoxy) is 2. The molecule has 1 aromatic heterocycles. The van der Waals surface area contributed by atoms with Crippen LogP contribution in [0.25, 0.3) is 11.0 Å². The second-order valence-corrected chi connectivity index (χ2v) is 8.88. The van der Waals surface area contributed by atoms with Crippen LogP contribution in [0.4, 0.5) is 5.69 Å². The molecule has 1 atom stereocenters. The van der Waals surface area contributed by atoms with Gasteiger partial charge in [0.05, 0.1) is 40.7 Å². The van der Waals surface area contributed by atoms with Crippen LogP contribution < -0.4 is 19.8 Å². The van der Waals surface area contributed by atoms with Crippen LogP contribution in [-0.4, -0.2) is 25.2 Å². The average Bonchev–Trinajstić information content (AvgIpc) is 3.13. The summed E-state index contributed by atoms with van der Waals surface area (Å²) in [6.45, 7) is 0. The monoisotopic (exact) mass is 541 g/mol. The number of aromatic hydroxyl groups is 1. The summed E-state index contributed by atoms with van der Waals surface area (Å²) in [5, 5.41) is 11.0. The summed E-state index contributed by atoms with van der Waals surface area (Å²) in [5.74, 6) is -0.0141. The van der Waals surface area contributed by atoms with Gasteiger partial charge in [-0.25, -0.2) is 0 Å². The maximum atomic E-state index is 13.7. The molecule has 1 N–H and O–H groups in total. The fourth-order valence-electron chi connectivity index (χ4n) is 4.21. The van der Waals surface area contributed by atoms with Crippen molar-refractivity contribution >= 4 is 50.1 Å². The van der Waals surface area contributed by atoms with E-state index in [-0.39, 0.29) is 28.3 Å².